The molecule has 5 nitrogen and oxygen atoms in total. The van der Waals surface area contributed by atoms with Gasteiger partial charge in [-0.05, 0) is 50.2 Å². The number of oxime groups is 1. The zero-order valence-corrected chi connectivity index (χ0v) is 12.6. The van der Waals surface area contributed by atoms with Gasteiger partial charge < -0.3 is 16.3 Å². The minimum absolute atomic E-state index is 0.0389. The highest BCUT2D eigenvalue weighted by Gasteiger charge is 2.24. The van der Waals surface area contributed by atoms with Crippen LogP contribution in [-0.2, 0) is 4.79 Å². The lowest BCUT2D eigenvalue weighted by molar-refractivity contribution is -0.121. The van der Waals surface area contributed by atoms with Crippen LogP contribution >= 0.6 is 0 Å². The van der Waals surface area contributed by atoms with Crippen LogP contribution in [0.5, 0.6) is 0 Å². The minimum Gasteiger partial charge on any atom is -0.409 e. The number of nitrogens with one attached hydrogen (secondary N) is 1. The lowest BCUT2D eigenvalue weighted by atomic mass is 9.82. The summed E-state index contributed by atoms with van der Waals surface area (Å²) in [5.74, 6) is 0.923. The van der Waals surface area contributed by atoms with Gasteiger partial charge in [0.25, 0.3) is 0 Å². The van der Waals surface area contributed by atoms with Gasteiger partial charge in [0.05, 0.1) is 0 Å². The largest absolute Gasteiger partial charge is 0.409 e. The van der Waals surface area contributed by atoms with Crippen molar-refractivity contribution < 1.29 is 10.0 Å². The SMILES string of the molecule is Cc1ccc(/C(N)=N/O)cc1NC(=O)C1CCC(C)CC1. The quantitative estimate of drug-likeness (QED) is 0.346. The first-order valence-electron chi connectivity index (χ1n) is 7.40. The van der Waals surface area contributed by atoms with Gasteiger partial charge >= 0.3 is 0 Å². The molecule has 0 aliphatic heterocycles. The molecule has 1 aliphatic rings. The Bertz CT molecular complexity index is 546. The average Bonchev–Trinajstić information content (AvgIpc) is 2.49. The number of benzene rings is 1. The van der Waals surface area contributed by atoms with Gasteiger partial charge in [-0.2, -0.15) is 0 Å². The molecule has 1 aromatic carbocycles. The molecule has 1 fully saturated rings. The molecule has 4 N–H and O–H groups in total. The Morgan fingerprint density at radius 3 is 2.62 bits per heavy atom. The molecule has 5 heteroatoms. The first-order valence-corrected chi connectivity index (χ1v) is 7.40. The van der Waals surface area contributed by atoms with E-state index in [2.05, 4.69) is 17.4 Å². The summed E-state index contributed by atoms with van der Waals surface area (Å²) in [7, 11) is 0. The molecule has 114 valence electrons. The smallest absolute Gasteiger partial charge is 0.227 e. The van der Waals surface area contributed by atoms with E-state index in [1.54, 1.807) is 12.1 Å². The molecule has 1 aliphatic carbocycles. The molecule has 1 amide bonds. The van der Waals surface area contributed by atoms with Crippen LogP contribution in [-0.4, -0.2) is 17.0 Å². The summed E-state index contributed by atoms with van der Waals surface area (Å²) in [6, 6.07) is 5.36. The van der Waals surface area contributed by atoms with Crippen LogP contribution in [0.1, 0.15) is 43.7 Å². The first-order chi connectivity index (χ1) is 10.0. The van der Waals surface area contributed by atoms with Crippen LogP contribution in [0.4, 0.5) is 5.69 Å². The zero-order chi connectivity index (χ0) is 15.4. The van der Waals surface area contributed by atoms with E-state index in [4.69, 9.17) is 10.9 Å². The van der Waals surface area contributed by atoms with Crippen molar-refractivity contribution in [3.63, 3.8) is 0 Å². The van der Waals surface area contributed by atoms with Gasteiger partial charge in [-0.25, -0.2) is 0 Å². The number of rotatable bonds is 3. The molecule has 0 unspecified atom stereocenters. The Morgan fingerprint density at radius 2 is 2.00 bits per heavy atom. The number of nitrogens with two attached hydrogens (primary N) is 1. The van der Waals surface area contributed by atoms with Crippen molar-refractivity contribution >= 4 is 17.4 Å². The summed E-state index contributed by atoms with van der Waals surface area (Å²) in [6.07, 6.45) is 4.13. The van der Waals surface area contributed by atoms with Crippen LogP contribution < -0.4 is 11.1 Å². The van der Waals surface area contributed by atoms with E-state index in [0.29, 0.717) is 5.56 Å². The Hall–Kier alpha value is -2.04. The van der Waals surface area contributed by atoms with Gasteiger partial charge in [0.1, 0.15) is 0 Å². The van der Waals surface area contributed by atoms with Crippen LogP contribution in [0, 0.1) is 18.8 Å². The molecule has 0 radical (unpaired) electrons. The molecule has 0 saturated heterocycles. The second kappa shape index (κ2) is 6.61. The fraction of sp³-hybridized carbons (Fsp3) is 0.500. The predicted octanol–water partition coefficient (Wildman–Crippen LogP) is 2.85. The van der Waals surface area contributed by atoms with E-state index in [9.17, 15) is 4.79 Å². The van der Waals surface area contributed by atoms with Crippen molar-refractivity contribution in [1.82, 2.24) is 0 Å². The molecule has 0 aromatic heterocycles. The topological polar surface area (TPSA) is 87.7 Å². The maximum atomic E-state index is 12.4. The molecule has 0 spiro atoms. The average molecular weight is 289 g/mol. The Kier molecular flexibility index (Phi) is 4.83. The maximum absolute atomic E-state index is 12.4. The number of nitrogens with zero attached hydrogens (tertiary/aromatic N) is 1. The monoisotopic (exact) mass is 289 g/mol. The lowest BCUT2D eigenvalue weighted by Gasteiger charge is -2.25. The molecule has 0 heterocycles. The van der Waals surface area contributed by atoms with E-state index in [-0.39, 0.29) is 17.7 Å². The van der Waals surface area contributed by atoms with Crippen LogP contribution in [0.2, 0.25) is 0 Å². The van der Waals surface area contributed by atoms with Gasteiger partial charge in [-0.3, -0.25) is 4.79 Å². The van der Waals surface area contributed by atoms with E-state index in [0.717, 1.165) is 42.9 Å². The third-order valence-electron chi connectivity index (χ3n) is 4.29. The fourth-order valence-corrected chi connectivity index (χ4v) is 2.73. The highest BCUT2D eigenvalue weighted by Crippen LogP contribution is 2.29. The van der Waals surface area contributed by atoms with Crippen LogP contribution in [0.15, 0.2) is 23.4 Å². The molecule has 1 aromatic rings. The van der Waals surface area contributed by atoms with Crippen molar-refractivity contribution in [1.29, 1.82) is 0 Å². The van der Waals surface area contributed by atoms with Gasteiger partial charge in [-0.1, -0.05) is 24.2 Å². The van der Waals surface area contributed by atoms with E-state index < -0.39 is 0 Å². The summed E-state index contributed by atoms with van der Waals surface area (Å²) in [5.41, 5.74) is 7.87. The highest BCUT2D eigenvalue weighted by atomic mass is 16.4. The fourth-order valence-electron chi connectivity index (χ4n) is 2.73. The third-order valence-corrected chi connectivity index (χ3v) is 4.29. The van der Waals surface area contributed by atoms with Gasteiger partial charge in [0, 0.05) is 17.2 Å². The summed E-state index contributed by atoms with van der Waals surface area (Å²) in [4.78, 5) is 12.4. The number of amides is 1. The number of hydrogen-bond acceptors (Lipinski definition) is 3. The number of carbonyl (C=O) groups is 1. The normalized spacial score (nSPS) is 22.9. The summed E-state index contributed by atoms with van der Waals surface area (Å²) < 4.78 is 0. The number of amidine groups is 1. The molecule has 21 heavy (non-hydrogen) atoms. The number of anilines is 1. The maximum Gasteiger partial charge on any atom is 0.227 e. The third kappa shape index (κ3) is 3.74. The van der Waals surface area contributed by atoms with Gasteiger partial charge in [-0.15, -0.1) is 0 Å². The summed E-state index contributed by atoms with van der Waals surface area (Å²) in [6.45, 7) is 4.16. The standard InChI is InChI=1S/C16H23N3O2/c1-10-3-6-12(7-4-10)16(20)18-14-9-13(15(17)19-21)8-5-11(14)2/h5,8-10,12,21H,3-4,6-7H2,1-2H3,(H2,17,19)(H,18,20). The molecule has 2 rings (SSSR count). The highest BCUT2D eigenvalue weighted by molar-refractivity contribution is 6.00. The van der Waals surface area contributed by atoms with Crippen molar-refractivity contribution in [2.45, 2.75) is 39.5 Å². The summed E-state index contributed by atoms with van der Waals surface area (Å²) >= 11 is 0. The van der Waals surface area contributed by atoms with E-state index in [1.807, 2.05) is 13.0 Å². The molecule has 0 atom stereocenters. The van der Waals surface area contributed by atoms with Gasteiger partial charge in [0.15, 0.2) is 5.84 Å². The number of carbonyl (C=O) groups excluding carboxylic acids is 1. The predicted molar refractivity (Wildman–Crippen MR) is 83.4 cm³/mol. The molecule has 1 saturated carbocycles. The van der Waals surface area contributed by atoms with Crippen molar-refractivity contribution in [2.24, 2.45) is 22.7 Å². The number of aryl methyl sites for hydroxylation is 1. The molecular weight excluding hydrogens is 266 g/mol. The van der Waals surface area contributed by atoms with E-state index >= 15 is 0 Å². The van der Waals surface area contributed by atoms with Crippen molar-refractivity contribution in [2.75, 3.05) is 5.32 Å². The van der Waals surface area contributed by atoms with Crippen LogP contribution in [0.3, 0.4) is 0 Å². The zero-order valence-electron chi connectivity index (χ0n) is 12.6. The second-order valence-electron chi connectivity index (χ2n) is 5.96. The Balaban J connectivity index is 2.10. The first kappa shape index (κ1) is 15.4. The second-order valence-corrected chi connectivity index (χ2v) is 5.96. The minimum atomic E-state index is 0.0389. The van der Waals surface area contributed by atoms with Gasteiger partial charge in [0.2, 0.25) is 5.91 Å². The van der Waals surface area contributed by atoms with E-state index in [1.165, 1.54) is 0 Å². The molecule has 0 bridgehead atoms. The lowest BCUT2D eigenvalue weighted by Crippen LogP contribution is -2.27. The van der Waals surface area contributed by atoms with Crippen molar-refractivity contribution in [3.8, 4) is 0 Å². The Labute approximate surface area is 125 Å². The van der Waals surface area contributed by atoms with Crippen molar-refractivity contribution in [3.05, 3.63) is 29.3 Å². The summed E-state index contributed by atoms with van der Waals surface area (Å²) in [5, 5.41) is 14.7. The van der Waals surface area contributed by atoms with Crippen LogP contribution in [0.25, 0.3) is 0 Å². The molecular formula is C16H23N3O2. The number of hydrogen-bond donors (Lipinski definition) is 3. The Morgan fingerprint density at radius 1 is 1.33 bits per heavy atom.